The number of benzene rings is 1. The van der Waals surface area contributed by atoms with Crippen LogP contribution in [0.15, 0.2) is 35.6 Å². The summed E-state index contributed by atoms with van der Waals surface area (Å²) < 4.78 is 5.66. The van der Waals surface area contributed by atoms with Crippen molar-refractivity contribution in [3.05, 3.63) is 36.2 Å². The fourth-order valence-corrected chi connectivity index (χ4v) is 3.16. The number of hydrogen-bond donors (Lipinski definition) is 2. The zero-order chi connectivity index (χ0) is 22.2. The van der Waals surface area contributed by atoms with Gasteiger partial charge in [0.25, 0.3) is 0 Å². The molecule has 0 spiro atoms. The molecule has 9 nitrogen and oxygen atoms in total. The minimum atomic E-state index is -0.0204. The van der Waals surface area contributed by atoms with E-state index in [9.17, 15) is 9.90 Å². The first kappa shape index (κ1) is 22.1. The van der Waals surface area contributed by atoms with Crippen LogP contribution in [0.2, 0.25) is 0 Å². The van der Waals surface area contributed by atoms with E-state index in [1.54, 1.807) is 18.2 Å². The second kappa shape index (κ2) is 10.4. The van der Waals surface area contributed by atoms with E-state index < -0.39 is 0 Å². The molecule has 3 aromatic rings. The maximum atomic E-state index is 10.8. The number of H-pyrrole nitrogens is 1. The molecule has 0 aliphatic carbocycles. The lowest BCUT2D eigenvalue weighted by molar-refractivity contribution is -0.117. The molecule has 0 unspecified atom stereocenters. The van der Waals surface area contributed by atoms with Gasteiger partial charge in [-0.1, -0.05) is 13.0 Å². The molecule has 9 heteroatoms. The van der Waals surface area contributed by atoms with Crippen LogP contribution in [0.5, 0.6) is 11.6 Å². The molecule has 164 valence electrons. The predicted octanol–water partition coefficient (Wildman–Crippen LogP) is 3.12. The van der Waals surface area contributed by atoms with Crippen LogP contribution in [-0.2, 0) is 4.79 Å². The summed E-state index contributed by atoms with van der Waals surface area (Å²) in [7, 11) is 3.67. The van der Waals surface area contributed by atoms with E-state index in [-0.39, 0.29) is 5.88 Å². The molecule has 0 bridgehead atoms. The highest BCUT2D eigenvalue weighted by Gasteiger charge is 2.17. The lowest BCUT2D eigenvalue weighted by atomic mass is 10.2. The number of aromatic hydroxyl groups is 1. The first-order valence-corrected chi connectivity index (χ1v) is 10.2. The molecule has 2 N–H and O–H groups in total. The van der Waals surface area contributed by atoms with Gasteiger partial charge in [-0.05, 0) is 25.0 Å². The first-order valence-electron chi connectivity index (χ1n) is 10.2. The quantitative estimate of drug-likeness (QED) is 0.362. The highest BCUT2D eigenvalue weighted by Crippen LogP contribution is 2.31. The van der Waals surface area contributed by atoms with E-state index in [2.05, 4.69) is 26.9 Å². The lowest BCUT2D eigenvalue weighted by Gasteiger charge is -2.20. The van der Waals surface area contributed by atoms with Gasteiger partial charge in [-0.15, -0.1) is 0 Å². The van der Waals surface area contributed by atoms with E-state index in [0.29, 0.717) is 47.8 Å². The third-order valence-electron chi connectivity index (χ3n) is 4.77. The van der Waals surface area contributed by atoms with E-state index in [0.717, 1.165) is 25.0 Å². The van der Waals surface area contributed by atoms with E-state index in [4.69, 9.17) is 4.74 Å². The molecule has 0 saturated carbocycles. The van der Waals surface area contributed by atoms with Crippen LogP contribution in [0.3, 0.4) is 0 Å². The molecule has 3 rings (SSSR count). The van der Waals surface area contributed by atoms with Crippen LogP contribution < -0.4 is 9.64 Å². The van der Waals surface area contributed by atoms with Gasteiger partial charge in [0.15, 0.2) is 5.88 Å². The van der Waals surface area contributed by atoms with Crippen molar-refractivity contribution in [3.8, 4) is 11.6 Å². The maximum Gasteiger partial charge on any atom is 0.209 e. The average Bonchev–Trinajstić information content (AvgIpc) is 3.11. The summed E-state index contributed by atoms with van der Waals surface area (Å²) in [5.74, 6) is 1.41. The molecule has 0 radical (unpaired) electrons. The normalized spacial score (nSPS) is 11.2. The van der Waals surface area contributed by atoms with Crippen LogP contribution >= 0.6 is 0 Å². The number of fused-ring (bicyclic) bond motifs is 1. The molecule has 0 aliphatic rings. The molecular formula is C22H28N6O3. The molecule has 31 heavy (non-hydrogen) atoms. The summed E-state index contributed by atoms with van der Waals surface area (Å²) in [6.45, 7) is 4.03. The molecule has 1 amide bonds. The SMILES string of the molecule is CCCOc1cccc(N=Cc2c(O)[nH]c3ncnc(N(C)CCCN(C)C=O)c23)c1. The van der Waals surface area contributed by atoms with Gasteiger partial charge >= 0.3 is 0 Å². The second-order valence-corrected chi connectivity index (χ2v) is 7.27. The van der Waals surface area contributed by atoms with Crippen molar-refractivity contribution < 1.29 is 14.6 Å². The van der Waals surface area contributed by atoms with Gasteiger partial charge in [-0.3, -0.25) is 9.79 Å². The van der Waals surface area contributed by atoms with Gasteiger partial charge < -0.3 is 24.6 Å². The number of aromatic amines is 1. The summed E-state index contributed by atoms with van der Waals surface area (Å²) in [6, 6.07) is 7.49. The van der Waals surface area contributed by atoms with Crippen molar-refractivity contribution in [2.75, 3.05) is 38.7 Å². The number of amides is 1. The Morgan fingerprint density at radius 3 is 2.87 bits per heavy atom. The Bertz CT molecular complexity index is 1050. The van der Waals surface area contributed by atoms with Crippen molar-refractivity contribution in [1.82, 2.24) is 19.9 Å². The first-order chi connectivity index (χ1) is 15.0. The number of rotatable bonds is 11. The van der Waals surface area contributed by atoms with E-state index in [1.807, 2.05) is 36.2 Å². The number of aliphatic imine (C=N–C) groups is 1. The summed E-state index contributed by atoms with van der Waals surface area (Å²) in [5.41, 5.74) is 1.76. The number of nitrogens with zero attached hydrogens (tertiary/aromatic N) is 5. The third kappa shape index (κ3) is 5.50. The Morgan fingerprint density at radius 1 is 1.26 bits per heavy atom. The molecular weight excluding hydrogens is 396 g/mol. The molecule has 0 atom stereocenters. The smallest absolute Gasteiger partial charge is 0.209 e. The number of anilines is 1. The monoisotopic (exact) mass is 424 g/mol. The maximum absolute atomic E-state index is 10.8. The van der Waals surface area contributed by atoms with Gasteiger partial charge in [-0.25, -0.2) is 9.97 Å². The molecule has 0 aliphatic heterocycles. The zero-order valence-electron chi connectivity index (χ0n) is 18.1. The largest absolute Gasteiger partial charge is 0.494 e. The lowest BCUT2D eigenvalue weighted by Crippen LogP contribution is -2.25. The molecule has 0 fully saturated rings. The Balaban J connectivity index is 1.86. The third-order valence-corrected chi connectivity index (χ3v) is 4.77. The molecule has 2 heterocycles. The van der Waals surface area contributed by atoms with Gasteiger partial charge in [0, 0.05) is 39.5 Å². The van der Waals surface area contributed by atoms with Crippen LogP contribution in [0.25, 0.3) is 11.0 Å². The minimum Gasteiger partial charge on any atom is -0.494 e. The Morgan fingerprint density at radius 2 is 2.10 bits per heavy atom. The van der Waals surface area contributed by atoms with Crippen molar-refractivity contribution in [2.24, 2.45) is 4.99 Å². The van der Waals surface area contributed by atoms with Crippen LogP contribution in [-0.4, -0.2) is 71.4 Å². The Labute approximate surface area is 181 Å². The highest BCUT2D eigenvalue weighted by molar-refractivity contribution is 6.06. The van der Waals surface area contributed by atoms with E-state index in [1.165, 1.54) is 6.33 Å². The minimum absolute atomic E-state index is 0.0204. The van der Waals surface area contributed by atoms with Crippen LogP contribution in [0.1, 0.15) is 25.3 Å². The van der Waals surface area contributed by atoms with Gasteiger partial charge in [0.05, 0.1) is 23.2 Å². The van der Waals surface area contributed by atoms with Gasteiger partial charge in [0.1, 0.15) is 23.5 Å². The second-order valence-electron chi connectivity index (χ2n) is 7.27. The molecule has 0 saturated heterocycles. The highest BCUT2D eigenvalue weighted by atomic mass is 16.5. The van der Waals surface area contributed by atoms with Gasteiger partial charge in [-0.2, -0.15) is 0 Å². The van der Waals surface area contributed by atoms with Gasteiger partial charge in [0.2, 0.25) is 6.41 Å². The predicted molar refractivity (Wildman–Crippen MR) is 122 cm³/mol. The van der Waals surface area contributed by atoms with Crippen molar-refractivity contribution in [2.45, 2.75) is 19.8 Å². The number of aromatic nitrogens is 3. The van der Waals surface area contributed by atoms with E-state index >= 15 is 0 Å². The number of nitrogens with one attached hydrogen (secondary N) is 1. The summed E-state index contributed by atoms with van der Waals surface area (Å²) in [4.78, 5) is 30.4. The van der Waals surface area contributed by atoms with Crippen molar-refractivity contribution in [3.63, 3.8) is 0 Å². The number of carbonyl (C=O) groups is 1. The zero-order valence-corrected chi connectivity index (χ0v) is 18.1. The number of hydrogen-bond acceptors (Lipinski definition) is 7. The number of carbonyl (C=O) groups excluding carboxylic acids is 1. The summed E-state index contributed by atoms with van der Waals surface area (Å²) >= 11 is 0. The Hall–Kier alpha value is -3.62. The standard InChI is InChI=1S/C22H28N6O3/c1-4-11-31-17-8-5-7-16(12-17)23-13-18-19-20(26-22(18)30)24-14-25-21(19)28(3)10-6-9-27(2)15-29/h5,7-8,12-15,30H,4,6,9-11H2,1-3H3,(H,24,25,26). The molecule has 1 aromatic carbocycles. The Kier molecular flexibility index (Phi) is 7.42. The van der Waals surface area contributed by atoms with Crippen molar-refractivity contribution in [1.29, 1.82) is 0 Å². The van der Waals surface area contributed by atoms with Crippen LogP contribution in [0, 0.1) is 0 Å². The van der Waals surface area contributed by atoms with Crippen molar-refractivity contribution >= 4 is 35.2 Å². The number of ether oxygens (including phenoxy) is 1. The van der Waals surface area contributed by atoms with Crippen LogP contribution in [0.4, 0.5) is 11.5 Å². The fourth-order valence-electron chi connectivity index (χ4n) is 3.16. The summed E-state index contributed by atoms with van der Waals surface area (Å²) in [6.07, 6.45) is 5.58. The molecule has 2 aromatic heterocycles. The summed E-state index contributed by atoms with van der Waals surface area (Å²) in [5, 5.41) is 11.2. The fraction of sp³-hybridized carbons (Fsp3) is 0.364. The average molecular weight is 425 g/mol. The topological polar surface area (TPSA) is 107 Å².